The molecule has 90 valence electrons. The fraction of sp³-hybridized carbons (Fsp3) is 0.357. The van der Waals surface area contributed by atoms with Crippen LogP contribution in [0.25, 0.3) is 0 Å². The van der Waals surface area contributed by atoms with E-state index in [0.29, 0.717) is 5.56 Å². The highest BCUT2D eigenvalue weighted by Crippen LogP contribution is 2.15. The molecule has 0 bridgehead atoms. The smallest absolute Gasteiger partial charge is 0.225 e. The molecule has 0 radical (unpaired) electrons. The van der Waals surface area contributed by atoms with Crippen molar-refractivity contribution >= 4 is 5.91 Å². The topological polar surface area (TPSA) is 49.3 Å². The Morgan fingerprint density at radius 1 is 1.53 bits per heavy atom. The van der Waals surface area contributed by atoms with E-state index in [0.717, 1.165) is 12.8 Å². The third kappa shape index (κ3) is 4.20. The lowest BCUT2D eigenvalue weighted by atomic mass is 10.1. The van der Waals surface area contributed by atoms with E-state index in [2.05, 4.69) is 11.2 Å². The maximum atomic E-state index is 11.7. The quantitative estimate of drug-likeness (QED) is 0.760. The first-order valence-electron chi connectivity index (χ1n) is 5.69. The van der Waals surface area contributed by atoms with Gasteiger partial charge in [0.1, 0.15) is 5.75 Å². The summed E-state index contributed by atoms with van der Waals surface area (Å²) < 4.78 is 0. The number of rotatable bonds is 5. The molecule has 0 aromatic heterocycles. The van der Waals surface area contributed by atoms with Crippen LogP contribution in [0.4, 0.5) is 0 Å². The Kier molecular flexibility index (Phi) is 5.09. The van der Waals surface area contributed by atoms with E-state index in [9.17, 15) is 9.90 Å². The van der Waals surface area contributed by atoms with Crippen molar-refractivity contribution in [1.29, 1.82) is 0 Å². The molecule has 1 rings (SSSR count). The van der Waals surface area contributed by atoms with Gasteiger partial charge in [0.2, 0.25) is 5.91 Å². The van der Waals surface area contributed by atoms with Crippen molar-refractivity contribution in [3.8, 4) is 18.1 Å². The van der Waals surface area contributed by atoms with Gasteiger partial charge >= 0.3 is 0 Å². The lowest BCUT2D eigenvalue weighted by molar-refractivity contribution is -0.120. The number of aromatic hydroxyl groups is 1. The van der Waals surface area contributed by atoms with Crippen LogP contribution in [-0.2, 0) is 11.2 Å². The standard InChI is InChI=1S/C14H17NO2/c1-3-7-12(4-2)15-14(17)10-11-8-5-6-9-13(11)16/h2,5-6,8-9,12,16H,3,7,10H2,1H3,(H,15,17). The number of carbonyl (C=O) groups excluding carboxylic acids is 1. The number of hydrogen-bond acceptors (Lipinski definition) is 2. The average Bonchev–Trinajstić information content (AvgIpc) is 2.31. The highest BCUT2D eigenvalue weighted by Gasteiger charge is 2.10. The highest BCUT2D eigenvalue weighted by molar-refractivity contribution is 5.79. The summed E-state index contributed by atoms with van der Waals surface area (Å²) in [5.74, 6) is 2.51. The van der Waals surface area contributed by atoms with Gasteiger partial charge in [-0.25, -0.2) is 0 Å². The van der Waals surface area contributed by atoms with Crippen molar-refractivity contribution in [2.24, 2.45) is 0 Å². The van der Waals surface area contributed by atoms with E-state index in [1.54, 1.807) is 24.3 Å². The summed E-state index contributed by atoms with van der Waals surface area (Å²) >= 11 is 0. The van der Waals surface area contributed by atoms with Gasteiger partial charge in [0.15, 0.2) is 0 Å². The molecule has 0 saturated carbocycles. The zero-order valence-corrected chi connectivity index (χ0v) is 9.94. The number of nitrogens with one attached hydrogen (secondary N) is 1. The van der Waals surface area contributed by atoms with Crippen molar-refractivity contribution < 1.29 is 9.90 Å². The minimum Gasteiger partial charge on any atom is -0.508 e. The zero-order chi connectivity index (χ0) is 12.7. The molecule has 0 aliphatic carbocycles. The molecule has 0 heterocycles. The van der Waals surface area contributed by atoms with Gasteiger partial charge in [-0.15, -0.1) is 6.42 Å². The second-order valence-electron chi connectivity index (χ2n) is 3.88. The number of benzene rings is 1. The van der Waals surface area contributed by atoms with Gasteiger partial charge in [-0.05, 0) is 12.5 Å². The van der Waals surface area contributed by atoms with Crippen LogP contribution in [0, 0.1) is 12.3 Å². The Hall–Kier alpha value is -1.95. The Morgan fingerprint density at radius 3 is 2.82 bits per heavy atom. The first-order chi connectivity index (χ1) is 8.17. The minimum atomic E-state index is -0.224. The first kappa shape index (κ1) is 13.1. The van der Waals surface area contributed by atoms with Crippen LogP contribution < -0.4 is 5.32 Å². The maximum absolute atomic E-state index is 11.7. The molecule has 1 atom stereocenters. The van der Waals surface area contributed by atoms with E-state index in [-0.39, 0.29) is 24.1 Å². The first-order valence-corrected chi connectivity index (χ1v) is 5.69. The summed E-state index contributed by atoms with van der Waals surface area (Å²) in [5.41, 5.74) is 0.609. The van der Waals surface area contributed by atoms with E-state index >= 15 is 0 Å². The van der Waals surface area contributed by atoms with Crippen LogP contribution in [0.2, 0.25) is 0 Å². The highest BCUT2D eigenvalue weighted by atomic mass is 16.3. The van der Waals surface area contributed by atoms with Gasteiger partial charge in [-0.1, -0.05) is 37.5 Å². The molecule has 0 spiro atoms. The van der Waals surface area contributed by atoms with Gasteiger partial charge in [0.25, 0.3) is 0 Å². The van der Waals surface area contributed by atoms with Crippen LogP contribution >= 0.6 is 0 Å². The molecule has 3 heteroatoms. The summed E-state index contributed by atoms with van der Waals surface area (Å²) in [6.45, 7) is 2.01. The molecular formula is C14H17NO2. The van der Waals surface area contributed by atoms with E-state index in [1.165, 1.54) is 0 Å². The summed E-state index contributed by atoms with van der Waals surface area (Å²) in [5, 5.41) is 12.3. The molecule has 0 aliphatic heterocycles. The normalized spacial score (nSPS) is 11.5. The predicted octanol–water partition coefficient (Wildman–Crippen LogP) is 1.85. The third-order valence-electron chi connectivity index (χ3n) is 2.46. The van der Waals surface area contributed by atoms with Crippen molar-refractivity contribution in [3.05, 3.63) is 29.8 Å². The monoisotopic (exact) mass is 231 g/mol. The number of amides is 1. The Labute approximate surface area is 102 Å². The molecular weight excluding hydrogens is 214 g/mol. The lowest BCUT2D eigenvalue weighted by Gasteiger charge is -2.12. The molecule has 1 amide bonds. The molecule has 1 aromatic carbocycles. The van der Waals surface area contributed by atoms with Crippen LogP contribution in [0.3, 0.4) is 0 Å². The van der Waals surface area contributed by atoms with E-state index < -0.39 is 0 Å². The Bertz CT molecular complexity index is 420. The van der Waals surface area contributed by atoms with Gasteiger partial charge < -0.3 is 10.4 Å². The fourth-order valence-electron chi connectivity index (χ4n) is 1.56. The van der Waals surface area contributed by atoms with Crippen molar-refractivity contribution in [3.63, 3.8) is 0 Å². The molecule has 0 aliphatic rings. The molecule has 2 N–H and O–H groups in total. The maximum Gasteiger partial charge on any atom is 0.225 e. The summed E-state index contributed by atoms with van der Waals surface area (Å²) in [4.78, 5) is 11.7. The van der Waals surface area contributed by atoms with Crippen LogP contribution in [0.15, 0.2) is 24.3 Å². The lowest BCUT2D eigenvalue weighted by Crippen LogP contribution is -2.34. The Morgan fingerprint density at radius 2 is 2.24 bits per heavy atom. The Balaban J connectivity index is 2.56. The second kappa shape index (κ2) is 6.59. The number of terminal acetylenes is 1. The largest absolute Gasteiger partial charge is 0.508 e. The average molecular weight is 231 g/mol. The van der Waals surface area contributed by atoms with Crippen molar-refractivity contribution in [1.82, 2.24) is 5.32 Å². The third-order valence-corrected chi connectivity index (χ3v) is 2.46. The van der Waals surface area contributed by atoms with Crippen molar-refractivity contribution in [2.75, 3.05) is 0 Å². The van der Waals surface area contributed by atoms with Crippen LogP contribution in [0.1, 0.15) is 25.3 Å². The van der Waals surface area contributed by atoms with Gasteiger partial charge in [0.05, 0.1) is 12.5 Å². The van der Waals surface area contributed by atoms with Crippen molar-refractivity contribution in [2.45, 2.75) is 32.2 Å². The molecule has 1 unspecified atom stereocenters. The summed E-state index contributed by atoms with van der Waals surface area (Å²) in [7, 11) is 0. The molecule has 0 fully saturated rings. The summed E-state index contributed by atoms with van der Waals surface area (Å²) in [6, 6.07) is 6.57. The zero-order valence-electron chi connectivity index (χ0n) is 9.94. The number of phenols is 1. The second-order valence-corrected chi connectivity index (χ2v) is 3.88. The van der Waals surface area contributed by atoms with Gasteiger partial charge in [-0.2, -0.15) is 0 Å². The van der Waals surface area contributed by atoms with E-state index in [1.807, 2.05) is 6.92 Å². The SMILES string of the molecule is C#CC(CCC)NC(=O)Cc1ccccc1O. The predicted molar refractivity (Wildman–Crippen MR) is 67.5 cm³/mol. The van der Waals surface area contributed by atoms with Gasteiger partial charge in [0, 0.05) is 5.56 Å². The molecule has 17 heavy (non-hydrogen) atoms. The molecule has 1 aromatic rings. The summed E-state index contributed by atoms with van der Waals surface area (Å²) in [6.07, 6.45) is 7.15. The van der Waals surface area contributed by atoms with E-state index in [4.69, 9.17) is 6.42 Å². The molecule has 3 nitrogen and oxygen atoms in total. The van der Waals surface area contributed by atoms with Gasteiger partial charge in [-0.3, -0.25) is 4.79 Å². The minimum absolute atomic E-state index is 0.135. The van der Waals surface area contributed by atoms with Crippen LogP contribution in [-0.4, -0.2) is 17.1 Å². The number of carbonyl (C=O) groups is 1. The fourth-order valence-corrected chi connectivity index (χ4v) is 1.56. The number of phenolic OH excluding ortho intramolecular Hbond substituents is 1. The molecule has 0 saturated heterocycles. The van der Waals surface area contributed by atoms with Crippen LogP contribution in [0.5, 0.6) is 5.75 Å². The number of para-hydroxylation sites is 1. The number of hydrogen-bond donors (Lipinski definition) is 2.